The van der Waals surface area contributed by atoms with Crippen LogP contribution in [0.1, 0.15) is 37.3 Å². The van der Waals surface area contributed by atoms with E-state index in [2.05, 4.69) is 12.2 Å². The molecule has 1 atom stereocenters. The van der Waals surface area contributed by atoms with Gasteiger partial charge in [0.25, 0.3) is 0 Å². The molecule has 0 spiro atoms. The predicted octanol–water partition coefficient (Wildman–Crippen LogP) is 5.63. The standard InChI is InChI=1S/C24H25NO2/c1-3-18(2)27-22-16-14-21(15-17-22)25-24(26)23(19-10-6-4-7-11-19)20-12-8-5-9-13-20/h4-18,23H,3H2,1-2H3,(H,25,26). The second kappa shape index (κ2) is 9.04. The summed E-state index contributed by atoms with van der Waals surface area (Å²) in [5, 5.41) is 3.04. The molecule has 0 aromatic heterocycles. The molecule has 0 fully saturated rings. The number of ether oxygens (including phenoxy) is 1. The summed E-state index contributed by atoms with van der Waals surface area (Å²) in [5.41, 5.74) is 2.70. The first-order valence-electron chi connectivity index (χ1n) is 9.35. The molecule has 1 amide bonds. The average molecular weight is 359 g/mol. The van der Waals surface area contributed by atoms with E-state index in [0.717, 1.165) is 29.0 Å². The SMILES string of the molecule is CCC(C)Oc1ccc(NC(=O)C(c2ccccc2)c2ccccc2)cc1. The van der Waals surface area contributed by atoms with E-state index in [1.54, 1.807) is 0 Å². The Labute approximate surface area is 161 Å². The molecule has 0 aliphatic carbocycles. The molecule has 0 saturated carbocycles. The van der Waals surface area contributed by atoms with Gasteiger partial charge in [0.15, 0.2) is 0 Å². The molecule has 0 radical (unpaired) electrons. The highest BCUT2D eigenvalue weighted by Crippen LogP contribution is 2.27. The highest BCUT2D eigenvalue weighted by atomic mass is 16.5. The molecule has 138 valence electrons. The third-order valence-corrected chi connectivity index (χ3v) is 4.56. The molecule has 0 aliphatic heterocycles. The predicted molar refractivity (Wildman–Crippen MR) is 110 cm³/mol. The van der Waals surface area contributed by atoms with Crippen molar-refractivity contribution in [3.8, 4) is 5.75 Å². The van der Waals surface area contributed by atoms with Crippen LogP contribution >= 0.6 is 0 Å². The Morgan fingerprint density at radius 3 is 1.85 bits per heavy atom. The Morgan fingerprint density at radius 2 is 1.37 bits per heavy atom. The highest BCUT2D eigenvalue weighted by Gasteiger charge is 2.22. The van der Waals surface area contributed by atoms with Gasteiger partial charge in [0, 0.05) is 5.69 Å². The maximum atomic E-state index is 13.1. The van der Waals surface area contributed by atoms with Crippen molar-refractivity contribution in [2.75, 3.05) is 5.32 Å². The van der Waals surface area contributed by atoms with E-state index >= 15 is 0 Å². The maximum absolute atomic E-state index is 13.1. The summed E-state index contributed by atoms with van der Waals surface area (Å²) >= 11 is 0. The van der Waals surface area contributed by atoms with Crippen LogP contribution in [0.3, 0.4) is 0 Å². The number of carbonyl (C=O) groups is 1. The monoisotopic (exact) mass is 359 g/mol. The van der Waals surface area contributed by atoms with Gasteiger partial charge in [0.1, 0.15) is 5.75 Å². The number of nitrogens with one attached hydrogen (secondary N) is 1. The fraction of sp³-hybridized carbons (Fsp3) is 0.208. The molecule has 0 aliphatic rings. The second-order valence-corrected chi connectivity index (χ2v) is 6.60. The molecule has 1 unspecified atom stereocenters. The maximum Gasteiger partial charge on any atom is 0.236 e. The summed E-state index contributed by atoms with van der Waals surface area (Å²) in [6.07, 6.45) is 1.12. The van der Waals surface area contributed by atoms with Gasteiger partial charge in [-0.25, -0.2) is 0 Å². The van der Waals surface area contributed by atoms with Gasteiger partial charge in [-0.1, -0.05) is 67.6 Å². The molecular formula is C24H25NO2. The van der Waals surface area contributed by atoms with Crippen LogP contribution in [0.25, 0.3) is 0 Å². The minimum atomic E-state index is -0.358. The van der Waals surface area contributed by atoms with Crippen LogP contribution < -0.4 is 10.1 Å². The normalized spacial score (nSPS) is 11.8. The van der Waals surface area contributed by atoms with Crippen molar-refractivity contribution in [2.45, 2.75) is 32.3 Å². The minimum Gasteiger partial charge on any atom is -0.491 e. The molecule has 0 bridgehead atoms. The van der Waals surface area contributed by atoms with Crippen LogP contribution in [-0.4, -0.2) is 12.0 Å². The third kappa shape index (κ3) is 4.98. The van der Waals surface area contributed by atoms with Crippen LogP contribution in [0.5, 0.6) is 5.75 Å². The number of hydrogen-bond donors (Lipinski definition) is 1. The first kappa shape index (κ1) is 18.7. The molecule has 3 rings (SSSR count). The number of anilines is 1. The lowest BCUT2D eigenvalue weighted by Crippen LogP contribution is -2.22. The van der Waals surface area contributed by atoms with Crippen molar-refractivity contribution in [1.82, 2.24) is 0 Å². The summed E-state index contributed by atoms with van der Waals surface area (Å²) < 4.78 is 5.80. The van der Waals surface area contributed by atoms with Gasteiger partial charge in [-0.2, -0.15) is 0 Å². The van der Waals surface area contributed by atoms with Crippen LogP contribution in [-0.2, 0) is 4.79 Å². The van der Waals surface area contributed by atoms with Crippen molar-refractivity contribution >= 4 is 11.6 Å². The largest absolute Gasteiger partial charge is 0.491 e. The summed E-state index contributed by atoms with van der Waals surface area (Å²) in [6, 6.07) is 27.2. The molecule has 3 nitrogen and oxygen atoms in total. The summed E-state index contributed by atoms with van der Waals surface area (Å²) in [5.74, 6) is 0.399. The van der Waals surface area contributed by atoms with Crippen molar-refractivity contribution in [1.29, 1.82) is 0 Å². The van der Waals surface area contributed by atoms with Crippen LogP contribution in [0.15, 0.2) is 84.9 Å². The summed E-state index contributed by atoms with van der Waals surface area (Å²) in [4.78, 5) is 13.1. The van der Waals surface area contributed by atoms with Crippen molar-refractivity contribution < 1.29 is 9.53 Å². The first-order valence-corrected chi connectivity index (χ1v) is 9.35. The van der Waals surface area contributed by atoms with Gasteiger partial charge in [-0.05, 0) is 48.7 Å². The summed E-state index contributed by atoms with van der Waals surface area (Å²) in [7, 11) is 0. The van der Waals surface area contributed by atoms with E-state index in [-0.39, 0.29) is 17.9 Å². The lowest BCUT2D eigenvalue weighted by molar-refractivity contribution is -0.116. The molecule has 27 heavy (non-hydrogen) atoms. The first-order chi connectivity index (χ1) is 13.2. The fourth-order valence-corrected chi connectivity index (χ4v) is 2.93. The average Bonchev–Trinajstić information content (AvgIpc) is 2.71. The Bertz CT molecular complexity index is 805. The lowest BCUT2D eigenvalue weighted by atomic mass is 9.90. The molecule has 3 heteroatoms. The number of benzene rings is 3. The van der Waals surface area contributed by atoms with E-state index < -0.39 is 0 Å². The zero-order chi connectivity index (χ0) is 19.1. The van der Waals surface area contributed by atoms with Gasteiger partial charge in [-0.3, -0.25) is 4.79 Å². The Morgan fingerprint density at radius 1 is 0.852 bits per heavy atom. The van der Waals surface area contributed by atoms with Crippen LogP contribution in [0, 0.1) is 0 Å². The minimum absolute atomic E-state index is 0.0528. The van der Waals surface area contributed by atoms with Gasteiger partial charge < -0.3 is 10.1 Å². The zero-order valence-corrected chi connectivity index (χ0v) is 15.8. The number of hydrogen-bond acceptors (Lipinski definition) is 2. The lowest BCUT2D eigenvalue weighted by Gasteiger charge is -2.18. The van der Waals surface area contributed by atoms with Gasteiger partial charge in [0.2, 0.25) is 5.91 Å². The molecule has 0 saturated heterocycles. The molecule has 3 aromatic carbocycles. The second-order valence-electron chi connectivity index (χ2n) is 6.60. The Hall–Kier alpha value is -3.07. The quantitative estimate of drug-likeness (QED) is 0.593. The Kier molecular flexibility index (Phi) is 6.26. The molecule has 3 aromatic rings. The van der Waals surface area contributed by atoms with E-state index in [0.29, 0.717) is 0 Å². The third-order valence-electron chi connectivity index (χ3n) is 4.56. The van der Waals surface area contributed by atoms with Gasteiger partial charge in [0.05, 0.1) is 12.0 Å². The van der Waals surface area contributed by atoms with E-state index in [1.807, 2.05) is 91.9 Å². The van der Waals surface area contributed by atoms with Crippen molar-refractivity contribution in [3.05, 3.63) is 96.1 Å². The molecular weight excluding hydrogens is 334 g/mol. The van der Waals surface area contributed by atoms with Crippen LogP contribution in [0.2, 0.25) is 0 Å². The highest BCUT2D eigenvalue weighted by molar-refractivity contribution is 5.98. The van der Waals surface area contributed by atoms with E-state index in [1.165, 1.54) is 0 Å². The van der Waals surface area contributed by atoms with Crippen molar-refractivity contribution in [3.63, 3.8) is 0 Å². The smallest absolute Gasteiger partial charge is 0.236 e. The topological polar surface area (TPSA) is 38.3 Å². The van der Waals surface area contributed by atoms with Gasteiger partial charge >= 0.3 is 0 Å². The van der Waals surface area contributed by atoms with Crippen molar-refractivity contribution in [2.24, 2.45) is 0 Å². The summed E-state index contributed by atoms with van der Waals surface area (Å²) in [6.45, 7) is 4.13. The number of carbonyl (C=O) groups excluding carboxylic acids is 1. The number of rotatable bonds is 7. The zero-order valence-electron chi connectivity index (χ0n) is 15.8. The van der Waals surface area contributed by atoms with Gasteiger partial charge in [-0.15, -0.1) is 0 Å². The van der Waals surface area contributed by atoms with Crippen LogP contribution in [0.4, 0.5) is 5.69 Å². The number of amides is 1. The Balaban J connectivity index is 1.79. The fourth-order valence-electron chi connectivity index (χ4n) is 2.93. The molecule has 1 N–H and O–H groups in total. The van der Waals surface area contributed by atoms with E-state index in [4.69, 9.17) is 4.74 Å². The van der Waals surface area contributed by atoms with E-state index in [9.17, 15) is 4.79 Å². The molecule has 0 heterocycles.